The Morgan fingerprint density at radius 2 is 2.06 bits per heavy atom. The van der Waals surface area contributed by atoms with Crippen molar-refractivity contribution in [3.63, 3.8) is 0 Å². The zero-order chi connectivity index (χ0) is 12.1. The summed E-state index contributed by atoms with van der Waals surface area (Å²) in [6, 6.07) is 0.457. The van der Waals surface area contributed by atoms with E-state index in [0.717, 1.165) is 30.2 Å². The largest absolute Gasteiger partial charge is 0.373 e. The van der Waals surface area contributed by atoms with E-state index in [4.69, 9.17) is 0 Å². The molecule has 0 spiro atoms. The van der Waals surface area contributed by atoms with Crippen molar-refractivity contribution in [2.75, 3.05) is 23.8 Å². The first-order valence-electron chi connectivity index (χ1n) is 5.87. The van der Waals surface area contributed by atoms with Gasteiger partial charge in [0.15, 0.2) is 0 Å². The van der Waals surface area contributed by atoms with Crippen LogP contribution >= 0.6 is 0 Å². The fraction of sp³-hybridized carbons (Fsp3) is 0.667. The van der Waals surface area contributed by atoms with Crippen LogP contribution in [-0.2, 0) is 0 Å². The minimum Gasteiger partial charge on any atom is -0.373 e. The van der Waals surface area contributed by atoms with Crippen molar-refractivity contribution in [1.29, 1.82) is 0 Å². The molecular formula is C12H22N4. The maximum atomic E-state index is 4.40. The topological polar surface area (TPSA) is 41.1 Å². The average Bonchev–Trinajstić information content (AvgIpc) is 2.26. The lowest BCUT2D eigenvalue weighted by Crippen LogP contribution is -2.33. The summed E-state index contributed by atoms with van der Waals surface area (Å²) in [7, 11) is 1.89. The molecule has 0 bridgehead atoms. The van der Waals surface area contributed by atoms with E-state index < -0.39 is 0 Å². The number of anilines is 2. The van der Waals surface area contributed by atoms with Crippen LogP contribution in [0.4, 0.5) is 11.6 Å². The third kappa shape index (κ3) is 2.62. The van der Waals surface area contributed by atoms with E-state index in [9.17, 15) is 0 Å². The number of hydrogen-bond acceptors (Lipinski definition) is 4. The first kappa shape index (κ1) is 12.7. The molecule has 4 nitrogen and oxygen atoms in total. The van der Waals surface area contributed by atoms with Gasteiger partial charge in [0.2, 0.25) is 0 Å². The standard InChI is InChI=1S/C12H22N4/c1-6-7-16(9(2)3)12-10(4)11(13-5)14-8-15-12/h8-9H,6-7H2,1-5H3,(H,13,14,15). The summed E-state index contributed by atoms with van der Waals surface area (Å²) < 4.78 is 0. The summed E-state index contributed by atoms with van der Waals surface area (Å²) in [6.07, 6.45) is 2.75. The van der Waals surface area contributed by atoms with Crippen molar-refractivity contribution >= 4 is 11.6 Å². The molecule has 0 amide bonds. The lowest BCUT2D eigenvalue weighted by Gasteiger charge is -2.29. The van der Waals surface area contributed by atoms with E-state index in [1.807, 2.05) is 7.05 Å². The molecule has 0 fully saturated rings. The zero-order valence-electron chi connectivity index (χ0n) is 10.9. The van der Waals surface area contributed by atoms with Crippen LogP contribution in [0, 0.1) is 6.92 Å². The monoisotopic (exact) mass is 222 g/mol. The lowest BCUT2D eigenvalue weighted by molar-refractivity contribution is 0.659. The molecule has 0 aliphatic heterocycles. The Kier molecular flexibility index (Phi) is 4.52. The summed E-state index contributed by atoms with van der Waals surface area (Å²) >= 11 is 0. The summed E-state index contributed by atoms with van der Waals surface area (Å²) in [5.41, 5.74) is 1.12. The smallest absolute Gasteiger partial charge is 0.137 e. The highest BCUT2D eigenvalue weighted by atomic mass is 15.2. The molecule has 0 saturated heterocycles. The summed E-state index contributed by atoms with van der Waals surface area (Å²) in [5.74, 6) is 1.95. The van der Waals surface area contributed by atoms with E-state index in [0.29, 0.717) is 6.04 Å². The molecular weight excluding hydrogens is 200 g/mol. The minimum atomic E-state index is 0.457. The summed E-state index contributed by atoms with van der Waals surface area (Å²) in [4.78, 5) is 10.9. The molecule has 1 aromatic heterocycles. The van der Waals surface area contributed by atoms with Gasteiger partial charge in [-0.1, -0.05) is 6.92 Å². The second kappa shape index (κ2) is 5.68. The van der Waals surface area contributed by atoms with Crippen LogP contribution in [0.15, 0.2) is 6.33 Å². The molecule has 0 radical (unpaired) electrons. The molecule has 1 aromatic rings. The number of rotatable bonds is 5. The van der Waals surface area contributed by atoms with Crippen LogP contribution in [0.2, 0.25) is 0 Å². The average molecular weight is 222 g/mol. The van der Waals surface area contributed by atoms with Crippen molar-refractivity contribution in [3.8, 4) is 0 Å². The predicted octanol–water partition coefficient (Wildman–Crippen LogP) is 2.45. The van der Waals surface area contributed by atoms with Gasteiger partial charge in [-0.2, -0.15) is 0 Å². The van der Waals surface area contributed by atoms with Gasteiger partial charge in [0.05, 0.1) is 0 Å². The number of aromatic nitrogens is 2. The normalized spacial score (nSPS) is 10.6. The Balaban J connectivity index is 3.08. The molecule has 0 unspecified atom stereocenters. The number of nitrogens with one attached hydrogen (secondary N) is 1. The van der Waals surface area contributed by atoms with Gasteiger partial charge in [-0.05, 0) is 27.2 Å². The van der Waals surface area contributed by atoms with Crippen LogP contribution < -0.4 is 10.2 Å². The van der Waals surface area contributed by atoms with Crippen LogP contribution in [0.1, 0.15) is 32.8 Å². The van der Waals surface area contributed by atoms with Crippen molar-refractivity contribution < 1.29 is 0 Å². The lowest BCUT2D eigenvalue weighted by atomic mass is 10.2. The molecule has 0 saturated carbocycles. The van der Waals surface area contributed by atoms with Gasteiger partial charge in [0.25, 0.3) is 0 Å². The third-order valence-electron chi connectivity index (χ3n) is 2.65. The SMILES string of the molecule is CCCN(c1ncnc(NC)c1C)C(C)C. The van der Waals surface area contributed by atoms with Gasteiger partial charge in [-0.25, -0.2) is 9.97 Å². The van der Waals surface area contributed by atoms with Gasteiger partial charge < -0.3 is 10.2 Å². The van der Waals surface area contributed by atoms with Gasteiger partial charge >= 0.3 is 0 Å². The molecule has 0 atom stereocenters. The van der Waals surface area contributed by atoms with E-state index in [-0.39, 0.29) is 0 Å². The van der Waals surface area contributed by atoms with Crippen molar-refractivity contribution in [1.82, 2.24) is 9.97 Å². The molecule has 16 heavy (non-hydrogen) atoms. The van der Waals surface area contributed by atoms with Crippen molar-refractivity contribution in [3.05, 3.63) is 11.9 Å². The quantitative estimate of drug-likeness (QED) is 0.831. The highest BCUT2D eigenvalue weighted by molar-refractivity contribution is 5.57. The molecule has 1 heterocycles. The van der Waals surface area contributed by atoms with E-state index in [1.165, 1.54) is 0 Å². The molecule has 0 aliphatic rings. The maximum absolute atomic E-state index is 4.40. The first-order chi connectivity index (χ1) is 7.61. The fourth-order valence-corrected chi connectivity index (χ4v) is 1.83. The van der Waals surface area contributed by atoms with Crippen LogP contribution in [0.5, 0.6) is 0 Å². The molecule has 90 valence electrons. The molecule has 1 rings (SSSR count). The number of hydrogen-bond donors (Lipinski definition) is 1. The zero-order valence-corrected chi connectivity index (χ0v) is 10.9. The highest BCUT2D eigenvalue weighted by Gasteiger charge is 2.15. The van der Waals surface area contributed by atoms with Crippen molar-refractivity contribution in [2.45, 2.75) is 40.2 Å². The number of nitrogens with zero attached hydrogens (tertiary/aromatic N) is 3. The van der Waals surface area contributed by atoms with E-state index in [2.05, 4.69) is 47.9 Å². The summed E-state index contributed by atoms with van der Waals surface area (Å²) in [5, 5.41) is 3.09. The second-order valence-corrected chi connectivity index (χ2v) is 4.21. The fourth-order valence-electron chi connectivity index (χ4n) is 1.83. The summed E-state index contributed by atoms with van der Waals surface area (Å²) in [6.45, 7) is 9.66. The molecule has 0 aromatic carbocycles. The van der Waals surface area contributed by atoms with Gasteiger partial charge in [0, 0.05) is 25.2 Å². The highest BCUT2D eigenvalue weighted by Crippen LogP contribution is 2.23. The van der Waals surface area contributed by atoms with Crippen LogP contribution in [0.3, 0.4) is 0 Å². The predicted molar refractivity (Wildman–Crippen MR) is 69.1 cm³/mol. The minimum absolute atomic E-state index is 0.457. The molecule has 4 heteroatoms. The first-order valence-corrected chi connectivity index (χ1v) is 5.87. The van der Waals surface area contributed by atoms with Gasteiger partial charge in [-0.15, -0.1) is 0 Å². The van der Waals surface area contributed by atoms with Gasteiger partial charge in [-0.3, -0.25) is 0 Å². The molecule has 0 aliphatic carbocycles. The Morgan fingerprint density at radius 1 is 1.38 bits per heavy atom. The Labute approximate surface area is 98.1 Å². The Morgan fingerprint density at radius 3 is 2.56 bits per heavy atom. The second-order valence-electron chi connectivity index (χ2n) is 4.21. The van der Waals surface area contributed by atoms with Crippen LogP contribution in [0.25, 0.3) is 0 Å². The van der Waals surface area contributed by atoms with Crippen LogP contribution in [-0.4, -0.2) is 29.6 Å². The Bertz CT molecular complexity index is 336. The third-order valence-corrected chi connectivity index (χ3v) is 2.65. The van der Waals surface area contributed by atoms with E-state index in [1.54, 1.807) is 6.33 Å². The van der Waals surface area contributed by atoms with E-state index >= 15 is 0 Å². The van der Waals surface area contributed by atoms with Crippen molar-refractivity contribution in [2.24, 2.45) is 0 Å². The maximum Gasteiger partial charge on any atom is 0.137 e. The van der Waals surface area contributed by atoms with Gasteiger partial charge in [0.1, 0.15) is 18.0 Å². The molecule has 1 N–H and O–H groups in total. The Hall–Kier alpha value is -1.32.